The van der Waals surface area contributed by atoms with Crippen LogP contribution >= 0.6 is 0 Å². The molecule has 0 radical (unpaired) electrons. The molecule has 0 atom stereocenters. The molecular weight excluding hydrogens is 410 g/mol. The molecule has 0 aliphatic heterocycles. The topological polar surface area (TPSA) is 41.6 Å². The molecule has 0 unspecified atom stereocenters. The molecule has 0 aliphatic carbocycles. The van der Waals surface area contributed by atoms with E-state index in [-0.39, 0.29) is 40.0 Å². The molecule has 27 heavy (non-hydrogen) atoms. The van der Waals surface area contributed by atoms with Gasteiger partial charge >= 0.3 is 23.1 Å². The van der Waals surface area contributed by atoms with E-state index in [1.54, 1.807) is 6.33 Å². The SMILES string of the molecule is [Br-].[CH2-]Cc1ccccc1.[Mg+2].c1ccc(CCc2ncnc3[nH]ccc23)cc1. The zero-order valence-electron chi connectivity index (χ0n) is 15.3. The number of aromatic amines is 1. The Morgan fingerprint density at radius 2 is 1.41 bits per heavy atom. The van der Waals surface area contributed by atoms with Gasteiger partial charge in [0, 0.05) is 11.6 Å². The molecule has 0 bridgehead atoms. The van der Waals surface area contributed by atoms with Crippen molar-refractivity contribution in [2.45, 2.75) is 19.3 Å². The third kappa shape index (κ3) is 7.09. The minimum atomic E-state index is 0. The Kier molecular flexibility index (Phi) is 10.9. The monoisotopic (exact) mass is 431 g/mol. The summed E-state index contributed by atoms with van der Waals surface area (Å²) in [7, 11) is 0. The van der Waals surface area contributed by atoms with E-state index in [0.717, 1.165) is 36.0 Å². The Balaban J connectivity index is 0.000000313. The fourth-order valence-corrected chi connectivity index (χ4v) is 2.68. The van der Waals surface area contributed by atoms with Gasteiger partial charge in [-0.25, -0.2) is 9.97 Å². The predicted octanol–water partition coefficient (Wildman–Crippen LogP) is 1.43. The van der Waals surface area contributed by atoms with E-state index in [4.69, 9.17) is 0 Å². The van der Waals surface area contributed by atoms with Crippen molar-refractivity contribution in [2.75, 3.05) is 0 Å². The molecule has 0 saturated carbocycles. The van der Waals surface area contributed by atoms with Crippen LogP contribution in [0.25, 0.3) is 11.0 Å². The summed E-state index contributed by atoms with van der Waals surface area (Å²) in [6.45, 7) is 3.76. The minimum Gasteiger partial charge on any atom is -1.00 e. The summed E-state index contributed by atoms with van der Waals surface area (Å²) >= 11 is 0. The first kappa shape index (κ1) is 23.3. The molecule has 0 spiro atoms. The molecule has 4 aromatic rings. The molecule has 2 aromatic carbocycles. The van der Waals surface area contributed by atoms with Gasteiger partial charge in [-0.1, -0.05) is 66.2 Å². The number of hydrogen-bond acceptors (Lipinski definition) is 2. The second kappa shape index (κ2) is 12.6. The van der Waals surface area contributed by atoms with Crippen molar-refractivity contribution >= 4 is 34.1 Å². The van der Waals surface area contributed by atoms with Gasteiger partial charge in [-0.05, 0) is 24.5 Å². The van der Waals surface area contributed by atoms with E-state index in [1.807, 2.05) is 36.5 Å². The van der Waals surface area contributed by atoms with Crippen LogP contribution in [0, 0.1) is 6.92 Å². The van der Waals surface area contributed by atoms with Gasteiger partial charge in [0.15, 0.2) is 0 Å². The number of nitrogens with one attached hydrogen (secondary N) is 1. The number of benzene rings is 2. The van der Waals surface area contributed by atoms with Crippen molar-refractivity contribution in [3.05, 3.63) is 103 Å². The number of nitrogens with zero attached hydrogens (tertiary/aromatic N) is 2. The quantitative estimate of drug-likeness (QED) is 0.392. The predicted molar refractivity (Wildman–Crippen MR) is 109 cm³/mol. The Bertz CT molecular complexity index is 895. The average Bonchev–Trinajstić information content (AvgIpc) is 3.18. The van der Waals surface area contributed by atoms with Crippen LogP contribution in [-0.2, 0) is 19.3 Å². The van der Waals surface area contributed by atoms with E-state index in [0.29, 0.717) is 0 Å². The van der Waals surface area contributed by atoms with Crippen LogP contribution in [0.4, 0.5) is 0 Å². The van der Waals surface area contributed by atoms with Crippen molar-refractivity contribution in [3.63, 3.8) is 0 Å². The van der Waals surface area contributed by atoms with Gasteiger partial charge in [0.1, 0.15) is 12.0 Å². The summed E-state index contributed by atoms with van der Waals surface area (Å²) in [6.07, 6.45) is 6.38. The summed E-state index contributed by atoms with van der Waals surface area (Å²) in [6, 6.07) is 22.7. The van der Waals surface area contributed by atoms with Crippen molar-refractivity contribution < 1.29 is 17.0 Å². The van der Waals surface area contributed by atoms with Crippen LogP contribution < -0.4 is 17.0 Å². The molecule has 134 valence electrons. The van der Waals surface area contributed by atoms with Crippen LogP contribution in [0.1, 0.15) is 16.8 Å². The van der Waals surface area contributed by atoms with Crippen molar-refractivity contribution in [1.29, 1.82) is 0 Å². The number of halogens is 1. The first-order valence-electron chi connectivity index (χ1n) is 8.51. The van der Waals surface area contributed by atoms with Gasteiger partial charge in [0.25, 0.3) is 0 Å². The van der Waals surface area contributed by atoms with Gasteiger partial charge in [0.05, 0.1) is 5.69 Å². The summed E-state index contributed by atoms with van der Waals surface area (Å²) in [5.41, 5.74) is 4.67. The molecule has 2 aromatic heterocycles. The van der Waals surface area contributed by atoms with Gasteiger partial charge < -0.3 is 28.9 Å². The van der Waals surface area contributed by atoms with Gasteiger partial charge in [-0.2, -0.15) is 6.42 Å². The van der Waals surface area contributed by atoms with Crippen LogP contribution in [0.5, 0.6) is 0 Å². The Hall–Kier alpha value is -1.69. The standard InChI is InChI=1S/C14H13N3.C8H9.BrH.Mg/c1-2-4-11(5-3-1)6-7-13-12-8-9-15-14(12)17-10-16-13;1-2-8-6-4-3-5-7-8;;/h1-5,8-10H,6-7H2,(H,15,16,17);3-7H,1-2H2;1H;/q;-1;;+2/p-1. The first-order chi connectivity index (χ1) is 12.4. The normalized spacial score (nSPS) is 9.52. The second-order valence-corrected chi connectivity index (χ2v) is 5.78. The Labute approximate surface area is 187 Å². The maximum absolute atomic E-state index is 4.36. The van der Waals surface area contributed by atoms with Crippen LogP contribution in [0.3, 0.4) is 0 Å². The molecule has 2 heterocycles. The largest absolute Gasteiger partial charge is 2.00 e. The maximum atomic E-state index is 4.36. The number of aromatic nitrogens is 3. The van der Waals surface area contributed by atoms with Gasteiger partial charge in [0.2, 0.25) is 0 Å². The molecule has 0 fully saturated rings. The van der Waals surface area contributed by atoms with E-state index in [1.165, 1.54) is 11.1 Å². The second-order valence-electron chi connectivity index (χ2n) is 5.78. The average molecular weight is 433 g/mol. The molecule has 0 amide bonds. The zero-order chi connectivity index (χ0) is 17.3. The van der Waals surface area contributed by atoms with Crippen molar-refractivity contribution in [2.24, 2.45) is 0 Å². The number of H-pyrrole nitrogens is 1. The van der Waals surface area contributed by atoms with E-state index < -0.39 is 0 Å². The molecule has 3 nitrogen and oxygen atoms in total. The van der Waals surface area contributed by atoms with Crippen LogP contribution in [-0.4, -0.2) is 38.0 Å². The number of rotatable bonds is 4. The van der Waals surface area contributed by atoms with E-state index in [2.05, 4.69) is 58.3 Å². The minimum absolute atomic E-state index is 0. The smallest absolute Gasteiger partial charge is 1.00 e. The van der Waals surface area contributed by atoms with Crippen molar-refractivity contribution in [1.82, 2.24) is 15.0 Å². The van der Waals surface area contributed by atoms with Crippen LogP contribution in [0.2, 0.25) is 0 Å². The van der Waals surface area contributed by atoms with E-state index in [9.17, 15) is 0 Å². The summed E-state index contributed by atoms with van der Waals surface area (Å²) in [5, 5.41) is 1.13. The molecule has 0 saturated heterocycles. The third-order valence-corrected chi connectivity index (χ3v) is 4.06. The number of aryl methyl sites for hydroxylation is 2. The van der Waals surface area contributed by atoms with Crippen molar-refractivity contribution in [3.8, 4) is 0 Å². The first-order valence-corrected chi connectivity index (χ1v) is 8.51. The Morgan fingerprint density at radius 3 is 2.00 bits per heavy atom. The fraction of sp³-hybridized carbons (Fsp3) is 0.136. The summed E-state index contributed by atoms with van der Waals surface area (Å²) in [5.74, 6) is 0. The molecule has 5 heteroatoms. The van der Waals surface area contributed by atoms with Gasteiger partial charge in [-0.3, -0.25) is 0 Å². The molecule has 1 N–H and O–H groups in total. The number of hydrogen-bond donors (Lipinski definition) is 1. The Morgan fingerprint density at radius 1 is 0.778 bits per heavy atom. The van der Waals surface area contributed by atoms with Crippen LogP contribution in [0.15, 0.2) is 79.3 Å². The maximum Gasteiger partial charge on any atom is 2.00 e. The van der Waals surface area contributed by atoms with E-state index >= 15 is 0 Å². The summed E-state index contributed by atoms with van der Waals surface area (Å²) < 4.78 is 0. The fourth-order valence-electron chi connectivity index (χ4n) is 2.68. The molecular formula is C22H22BrMgN3. The zero-order valence-corrected chi connectivity index (χ0v) is 18.3. The third-order valence-electron chi connectivity index (χ3n) is 4.06. The van der Waals surface area contributed by atoms with Gasteiger partial charge in [-0.15, -0.1) is 0 Å². The molecule has 4 rings (SSSR count). The molecule has 0 aliphatic rings. The summed E-state index contributed by atoms with van der Waals surface area (Å²) in [4.78, 5) is 11.7. The number of fused-ring (bicyclic) bond motifs is 1.